The molecule has 2 N–H and O–H groups in total. The standard InChI is InChI=1S/C24H38N4O5/c1-24(2,3)33-23(31)26-20(17-19-9-6-5-7-10-19)22(30)28-14-12-27(13-15-28)18-21(29)25-11-8-16-32-4/h5-7,9-10,20H,8,11-18H2,1-4H3,(H,25,29)(H,26,31). The van der Waals surface area contributed by atoms with Crippen LogP contribution in [-0.4, -0.2) is 92.3 Å². The third-order valence-corrected chi connectivity index (χ3v) is 5.17. The summed E-state index contributed by atoms with van der Waals surface area (Å²) < 4.78 is 10.3. The molecule has 9 heteroatoms. The van der Waals surface area contributed by atoms with Gasteiger partial charge in [0, 0.05) is 52.9 Å². The van der Waals surface area contributed by atoms with Crippen molar-refractivity contribution in [3.05, 3.63) is 35.9 Å². The number of alkyl carbamates (subject to hydrolysis) is 1. The Bertz CT molecular complexity index is 758. The van der Waals surface area contributed by atoms with E-state index < -0.39 is 17.7 Å². The predicted octanol–water partition coefficient (Wildman–Crippen LogP) is 1.42. The fraction of sp³-hybridized carbons (Fsp3) is 0.625. The van der Waals surface area contributed by atoms with Crippen LogP contribution in [0.2, 0.25) is 0 Å². The predicted molar refractivity (Wildman–Crippen MR) is 126 cm³/mol. The van der Waals surface area contributed by atoms with Gasteiger partial charge in [0.1, 0.15) is 11.6 Å². The maximum Gasteiger partial charge on any atom is 0.408 e. The Balaban J connectivity index is 1.90. The van der Waals surface area contributed by atoms with E-state index in [1.54, 1.807) is 32.8 Å². The van der Waals surface area contributed by atoms with Crippen LogP contribution in [0.3, 0.4) is 0 Å². The van der Waals surface area contributed by atoms with Gasteiger partial charge in [0.15, 0.2) is 0 Å². The zero-order valence-corrected chi connectivity index (χ0v) is 20.3. The van der Waals surface area contributed by atoms with E-state index in [1.165, 1.54) is 0 Å². The van der Waals surface area contributed by atoms with E-state index in [9.17, 15) is 14.4 Å². The van der Waals surface area contributed by atoms with Gasteiger partial charge in [-0.3, -0.25) is 14.5 Å². The summed E-state index contributed by atoms with van der Waals surface area (Å²) in [5.41, 5.74) is 0.302. The Kier molecular flexibility index (Phi) is 10.6. The van der Waals surface area contributed by atoms with E-state index in [0.717, 1.165) is 12.0 Å². The van der Waals surface area contributed by atoms with Crippen LogP contribution < -0.4 is 10.6 Å². The maximum absolute atomic E-state index is 13.3. The molecule has 2 rings (SSSR count). The number of nitrogens with one attached hydrogen (secondary N) is 2. The van der Waals surface area contributed by atoms with Crippen LogP contribution in [-0.2, 0) is 25.5 Å². The van der Waals surface area contributed by atoms with E-state index in [-0.39, 0.29) is 11.8 Å². The molecule has 1 atom stereocenters. The first kappa shape index (κ1) is 26.6. The normalized spacial score (nSPS) is 15.6. The summed E-state index contributed by atoms with van der Waals surface area (Å²) >= 11 is 0. The van der Waals surface area contributed by atoms with Gasteiger partial charge >= 0.3 is 6.09 Å². The Morgan fingerprint density at radius 1 is 1.06 bits per heavy atom. The molecule has 1 aromatic carbocycles. The number of benzene rings is 1. The van der Waals surface area contributed by atoms with Crippen LogP contribution in [0.15, 0.2) is 30.3 Å². The smallest absolute Gasteiger partial charge is 0.408 e. The lowest BCUT2D eigenvalue weighted by Gasteiger charge is -2.36. The molecule has 1 fully saturated rings. The van der Waals surface area contributed by atoms with Gasteiger partial charge in [0.05, 0.1) is 6.54 Å². The second-order valence-electron chi connectivity index (χ2n) is 9.19. The molecule has 184 valence electrons. The molecule has 0 aliphatic carbocycles. The van der Waals surface area contributed by atoms with E-state index in [0.29, 0.717) is 52.3 Å². The second-order valence-corrected chi connectivity index (χ2v) is 9.19. The van der Waals surface area contributed by atoms with E-state index >= 15 is 0 Å². The highest BCUT2D eigenvalue weighted by Crippen LogP contribution is 2.11. The molecule has 1 aliphatic heterocycles. The highest BCUT2D eigenvalue weighted by molar-refractivity contribution is 5.86. The van der Waals surface area contributed by atoms with Crippen LogP contribution in [0.25, 0.3) is 0 Å². The van der Waals surface area contributed by atoms with Crippen molar-refractivity contribution in [2.24, 2.45) is 0 Å². The summed E-state index contributed by atoms with van der Waals surface area (Å²) in [4.78, 5) is 41.5. The summed E-state index contributed by atoms with van der Waals surface area (Å²) in [5, 5.41) is 5.64. The van der Waals surface area contributed by atoms with Crippen molar-refractivity contribution in [1.29, 1.82) is 0 Å². The molecule has 1 heterocycles. The van der Waals surface area contributed by atoms with Crippen molar-refractivity contribution >= 4 is 17.9 Å². The van der Waals surface area contributed by atoms with Crippen LogP contribution in [0.4, 0.5) is 4.79 Å². The number of hydrogen-bond donors (Lipinski definition) is 2. The lowest BCUT2D eigenvalue weighted by Crippen LogP contribution is -2.56. The first-order chi connectivity index (χ1) is 15.7. The first-order valence-electron chi connectivity index (χ1n) is 11.5. The maximum atomic E-state index is 13.3. The van der Waals surface area contributed by atoms with Gasteiger partial charge in [0.25, 0.3) is 0 Å². The zero-order valence-electron chi connectivity index (χ0n) is 20.3. The Labute approximate surface area is 196 Å². The third-order valence-electron chi connectivity index (χ3n) is 5.17. The molecule has 33 heavy (non-hydrogen) atoms. The molecule has 0 radical (unpaired) electrons. The zero-order chi connectivity index (χ0) is 24.3. The lowest BCUT2D eigenvalue weighted by atomic mass is 10.0. The first-order valence-corrected chi connectivity index (χ1v) is 11.5. The number of piperazine rings is 1. The number of amides is 3. The molecule has 0 spiro atoms. The summed E-state index contributed by atoms with van der Waals surface area (Å²) in [7, 11) is 1.63. The number of ether oxygens (including phenoxy) is 2. The minimum Gasteiger partial charge on any atom is -0.444 e. The quantitative estimate of drug-likeness (QED) is 0.510. The highest BCUT2D eigenvalue weighted by Gasteiger charge is 2.30. The number of hydrogen-bond acceptors (Lipinski definition) is 6. The minimum atomic E-state index is -0.724. The topological polar surface area (TPSA) is 100 Å². The Hall–Kier alpha value is -2.65. The molecule has 0 aromatic heterocycles. The van der Waals surface area contributed by atoms with Gasteiger partial charge in [-0.2, -0.15) is 0 Å². The van der Waals surface area contributed by atoms with Crippen molar-refractivity contribution in [2.75, 3.05) is 53.0 Å². The molecule has 1 unspecified atom stereocenters. The van der Waals surface area contributed by atoms with Gasteiger partial charge in [-0.25, -0.2) is 4.79 Å². The number of nitrogens with zero attached hydrogens (tertiary/aromatic N) is 2. The molecule has 1 aromatic rings. The summed E-state index contributed by atoms with van der Waals surface area (Å²) in [6.45, 7) is 9.05. The molecule has 9 nitrogen and oxygen atoms in total. The second kappa shape index (κ2) is 13.2. The SMILES string of the molecule is COCCCNC(=O)CN1CCN(C(=O)C(Cc2ccccc2)NC(=O)OC(C)(C)C)CC1. The number of carbonyl (C=O) groups excluding carboxylic acids is 3. The molecule has 1 saturated heterocycles. The van der Waals surface area contributed by atoms with Crippen molar-refractivity contribution in [3.63, 3.8) is 0 Å². The van der Waals surface area contributed by atoms with Crippen LogP contribution in [0.1, 0.15) is 32.8 Å². The minimum absolute atomic E-state index is 0.0283. The molecule has 3 amide bonds. The van der Waals surface area contributed by atoms with E-state index in [4.69, 9.17) is 9.47 Å². The monoisotopic (exact) mass is 462 g/mol. The van der Waals surface area contributed by atoms with Gasteiger partial charge in [0.2, 0.25) is 11.8 Å². The molecule has 0 saturated carbocycles. The molecular formula is C24H38N4O5. The largest absolute Gasteiger partial charge is 0.444 e. The van der Waals surface area contributed by atoms with Crippen LogP contribution in [0.5, 0.6) is 0 Å². The van der Waals surface area contributed by atoms with Crippen molar-refractivity contribution in [1.82, 2.24) is 20.4 Å². The lowest BCUT2D eigenvalue weighted by molar-refractivity contribution is -0.135. The van der Waals surface area contributed by atoms with Crippen molar-refractivity contribution in [2.45, 2.75) is 45.3 Å². The number of rotatable bonds is 10. The average molecular weight is 463 g/mol. The Morgan fingerprint density at radius 3 is 2.33 bits per heavy atom. The molecular weight excluding hydrogens is 424 g/mol. The van der Waals surface area contributed by atoms with Crippen molar-refractivity contribution < 1.29 is 23.9 Å². The number of carbonyl (C=O) groups is 3. The van der Waals surface area contributed by atoms with Crippen LogP contribution >= 0.6 is 0 Å². The fourth-order valence-corrected chi connectivity index (χ4v) is 3.55. The highest BCUT2D eigenvalue weighted by atomic mass is 16.6. The average Bonchev–Trinajstić information content (AvgIpc) is 2.76. The fourth-order valence-electron chi connectivity index (χ4n) is 3.55. The van der Waals surface area contributed by atoms with Crippen LogP contribution in [0, 0.1) is 0 Å². The summed E-state index contributed by atoms with van der Waals surface area (Å²) in [6.07, 6.45) is 0.543. The third kappa shape index (κ3) is 10.2. The van der Waals surface area contributed by atoms with Crippen molar-refractivity contribution in [3.8, 4) is 0 Å². The number of methoxy groups -OCH3 is 1. The van der Waals surface area contributed by atoms with Gasteiger partial charge < -0.3 is 25.0 Å². The summed E-state index contributed by atoms with van der Waals surface area (Å²) in [5.74, 6) is -0.173. The van der Waals surface area contributed by atoms with Gasteiger partial charge in [-0.1, -0.05) is 30.3 Å². The van der Waals surface area contributed by atoms with Gasteiger partial charge in [-0.05, 0) is 32.8 Å². The Morgan fingerprint density at radius 2 is 1.73 bits per heavy atom. The van der Waals surface area contributed by atoms with Gasteiger partial charge in [-0.15, -0.1) is 0 Å². The van der Waals surface area contributed by atoms with E-state index in [1.807, 2.05) is 35.2 Å². The molecule has 0 bridgehead atoms. The molecule has 1 aliphatic rings. The summed E-state index contributed by atoms with van der Waals surface area (Å²) in [6, 6.07) is 8.86. The van der Waals surface area contributed by atoms with E-state index in [2.05, 4.69) is 10.6 Å².